The Hall–Kier alpha value is -3.90. The second kappa shape index (κ2) is 7.90. The van der Waals surface area contributed by atoms with Crippen LogP contribution >= 0.6 is 11.3 Å². The second-order valence-electron chi connectivity index (χ2n) is 8.06. The summed E-state index contributed by atoms with van der Waals surface area (Å²) >= 11 is 1.54. The summed E-state index contributed by atoms with van der Waals surface area (Å²) in [4.78, 5) is 27.8. The van der Waals surface area contributed by atoms with Crippen LogP contribution < -0.4 is 10.1 Å². The van der Waals surface area contributed by atoms with E-state index in [2.05, 4.69) is 16.5 Å². The number of nitrogens with one attached hydrogen (secondary N) is 1. The number of hydrogen-bond donors (Lipinski definition) is 1. The Labute approximate surface area is 194 Å². The van der Waals surface area contributed by atoms with Gasteiger partial charge in [0.1, 0.15) is 11.3 Å². The Morgan fingerprint density at radius 1 is 1.27 bits per heavy atom. The molecule has 0 unspecified atom stereocenters. The van der Waals surface area contributed by atoms with Crippen LogP contribution in [0.4, 0.5) is 0 Å². The van der Waals surface area contributed by atoms with E-state index in [0.717, 1.165) is 20.5 Å². The summed E-state index contributed by atoms with van der Waals surface area (Å²) in [6.45, 7) is 4.72. The van der Waals surface area contributed by atoms with E-state index in [1.54, 1.807) is 46.3 Å². The molecule has 4 heterocycles. The molecule has 166 valence electrons. The van der Waals surface area contributed by atoms with Crippen LogP contribution in [0.1, 0.15) is 31.2 Å². The molecule has 3 aromatic heterocycles. The topological polar surface area (TPSA) is 99.7 Å². The van der Waals surface area contributed by atoms with E-state index in [4.69, 9.17) is 10.00 Å². The zero-order valence-corrected chi connectivity index (χ0v) is 19.2. The Morgan fingerprint density at radius 2 is 2.06 bits per heavy atom. The van der Waals surface area contributed by atoms with Gasteiger partial charge in [0.05, 0.1) is 29.3 Å². The van der Waals surface area contributed by atoms with Crippen LogP contribution in [0.25, 0.3) is 15.6 Å². The Morgan fingerprint density at radius 3 is 2.79 bits per heavy atom. The van der Waals surface area contributed by atoms with Gasteiger partial charge in [-0.05, 0) is 37.6 Å². The Balaban J connectivity index is 1.49. The fourth-order valence-electron chi connectivity index (χ4n) is 4.21. The monoisotopic (exact) mass is 459 g/mol. The lowest BCUT2D eigenvalue weighted by molar-refractivity contribution is 0.0576. The fourth-order valence-corrected chi connectivity index (χ4v) is 5.30. The van der Waals surface area contributed by atoms with Gasteiger partial charge in [-0.3, -0.25) is 9.59 Å². The minimum absolute atomic E-state index is 0.0944. The van der Waals surface area contributed by atoms with Gasteiger partial charge < -0.3 is 15.0 Å². The molecule has 5 rings (SSSR count). The first-order valence-electron chi connectivity index (χ1n) is 10.5. The number of fused-ring (bicyclic) bond motifs is 2. The lowest BCUT2D eigenvalue weighted by Crippen LogP contribution is -2.49. The summed E-state index contributed by atoms with van der Waals surface area (Å²) in [5.74, 6) is 0.913. The molecule has 1 fully saturated rings. The van der Waals surface area contributed by atoms with Gasteiger partial charge in [-0.2, -0.15) is 10.4 Å². The maximum absolute atomic E-state index is 12.9. The van der Waals surface area contributed by atoms with E-state index in [9.17, 15) is 9.59 Å². The molecule has 2 amide bonds. The highest BCUT2D eigenvalue weighted by atomic mass is 32.1. The van der Waals surface area contributed by atoms with Gasteiger partial charge >= 0.3 is 0 Å². The third-order valence-corrected chi connectivity index (χ3v) is 7.06. The quantitative estimate of drug-likeness (QED) is 0.499. The maximum Gasteiger partial charge on any atom is 0.255 e. The van der Waals surface area contributed by atoms with Gasteiger partial charge in [0.2, 0.25) is 0 Å². The van der Waals surface area contributed by atoms with Crippen molar-refractivity contribution in [3.63, 3.8) is 0 Å². The number of rotatable bonds is 4. The summed E-state index contributed by atoms with van der Waals surface area (Å²) in [5, 5.41) is 16.9. The number of nitriles is 1. The highest BCUT2D eigenvalue weighted by Crippen LogP contribution is 2.36. The molecule has 0 radical (unpaired) electrons. The molecule has 1 saturated heterocycles. The maximum atomic E-state index is 12.9. The smallest absolute Gasteiger partial charge is 0.255 e. The fraction of sp³-hybridized carbons (Fsp3) is 0.250. The number of thiophene rings is 1. The number of amides is 2. The van der Waals surface area contributed by atoms with Crippen LogP contribution in [0, 0.1) is 31.1 Å². The predicted octanol–water partition coefficient (Wildman–Crippen LogP) is 3.91. The van der Waals surface area contributed by atoms with Crippen molar-refractivity contribution in [2.24, 2.45) is 5.92 Å². The second-order valence-corrected chi connectivity index (χ2v) is 9.32. The van der Waals surface area contributed by atoms with Gasteiger partial charge in [0.15, 0.2) is 5.75 Å². The third-order valence-electron chi connectivity index (χ3n) is 5.99. The Kier molecular flexibility index (Phi) is 5.02. The van der Waals surface area contributed by atoms with E-state index >= 15 is 0 Å². The summed E-state index contributed by atoms with van der Waals surface area (Å²) in [5.41, 5.74) is 2.73. The summed E-state index contributed by atoms with van der Waals surface area (Å²) < 4.78 is 8.83. The number of ether oxygens (including phenoxy) is 1. The molecule has 8 nitrogen and oxygen atoms in total. The van der Waals surface area contributed by atoms with E-state index in [1.807, 2.05) is 32.0 Å². The van der Waals surface area contributed by atoms with Crippen LogP contribution in [-0.2, 0) is 0 Å². The first-order chi connectivity index (χ1) is 15.9. The molecule has 0 spiro atoms. The molecule has 0 bridgehead atoms. The number of aryl methyl sites for hydroxylation is 2. The van der Waals surface area contributed by atoms with Crippen LogP contribution in [0.3, 0.4) is 0 Å². The van der Waals surface area contributed by atoms with Crippen molar-refractivity contribution in [3.05, 3.63) is 58.2 Å². The highest BCUT2D eigenvalue weighted by Gasteiger charge is 2.33. The van der Waals surface area contributed by atoms with Crippen molar-refractivity contribution in [2.45, 2.75) is 13.8 Å². The predicted molar refractivity (Wildman–Crippen MR) is 125 cm³/mol. The van der Waals surface area contributed by atoms with Crippen molar-refractivity contribution < 1.29 is 14.3 Å². The zero-order valence-electron chi connectivity index (χ0n) is 18.4. The molecular weight excluding hydrogens is 438 g/mol. The third kappa shape index (κ3) is 3.39. The molecule has 0 saturated carbocycles. The van der Waals surface area contributed by atoms with Gasteiger partial charge in [-0.25, -0.2) is 4.52 Å². The summed E-state index contributed by atoms with van der Waals surface area (Å²) in [6, 6.07) is 9.61. The first-order valence-corrected chi connectivity index (χ1v) is 11.3. The summed E-state index contributed by atoms with van der Waals surface area (Å²) in [7, 11) is 1.63. The number of aromatic nitrogens is 2. The number of benzene rings is 1. The van der Waals surface area contributed by atoms with Gasteiger partial charge in [-0.15, -0.1) is 11.3 Å². The van der Waals surface area contributed by atoms with Crippen molar-refractivity contribution in [1.29, 1.82) is 5.26 Å². The number of hydrogen-bond acceptors (Lipinski definition) is 6. The minimum Gasteiger partial charge on any atom is -0.455 e. The zero-order chi connectivity index (χ0) is 23.3. The average Bonchev–Trinajstić information content (AvgIpc) is 3.28. The number of likely N-dealkylation sites (tertiary alicyclic amines) is 1. The molecule has 9 heteroatoms. The van der Waals surface area contributed by atoms with Crippen molar-refractivity contribution in [2.75, 3.05) is 20.1 Å². The minimum atomic E-state index is -0.104. The molecule has 0 atom stereocenters. The molecule has 33 heavy (non-hydrogen) atoms. The van der Waals surface area contributed by atoms with E-state index in [0.29, 0.717) is 41.2 Å². The lowest BCUT2D eigenvalue weighted by Gasteiger charge is -2.35. The Bertz CT molecular complexity index is 1470. The number of carbonyl (C=O) groups excluding carboxylic acids is 2. The van der Waals surface area contributed by atoms with Crippen LogP contribution in [-0.4, -0.2) is 46.5 Å². The highest BCUT2D eigenvalue weighted by molar-refractivity contribution is 7.19. The normalized spacial score (nSPS) is 13.7. The van der Waals surface area contributed by atoms with E-state index in [-0.39, 0.29) is 17.7 Å². The molecule has 1 aromatic carbocycles. The van der Waals surface area contributed by atoms with Gasteiger partial charge in [0, 0.05) is 47.4 Å². The van der Waals surface area contributed by atoms with Crippen molar-refractivity contribution >= 4 is 38.8 Å². The standard InChI is InChI=1S/C24H21N5O3S/c1-13-18(24(31)28-10-15(9-25)11-28)12-29-22(13)19(6-7-27-29)32-16-4-5-17-20(8-16)33-14(2)21(17)23(30)26-3/h4-8,12,15H,10-11H2,1-3H3,(H,26,30). The molecule has 1 N–H and O–H groups in total. The van der Waals surface area contributed by atoms with Gasteiger partial charge in [0.25, 0.3) is 11.8 Å². The lowest BCUT2D eigenvalue weighted by atomic mass is 10.0. The molecule has 1 aliphatic rings. The van der Waals surface area contributed by atoms with Crippen LogP contribution in [0.2, 0.25) is 0 Å². The molecular formula is C24H21N5O3S. The summed E-state index contributed by atoms with van der Waals surface area (Å²) in [6.07, 6.45) is 3.34. The van der Waals surface area contributed by atoms with Gasteiger partial charge in [-0.1, -0.05) is 0 Å². The molecule has 1 aliphatic heterocycles. The van der Waals surface area contributed by atoms with Crippen LogP contribution in [0.5, 0.6) is 11.5 Å². The SMILES string of the molecule is CNC(=O)c1c(C)sc2cc(Oc3ccnn4cc(C(=O)N5CC(C#N)C5)c(C)c34)ccc12. The average molecular weight is 460 g/mol. The van der Waals surface area contributed by atoms with Crippen LogP contribution in [0.15, 0.2) is 36.7 Å². The van der Waals surface area contributed by atoms with Crippen molar-refractivity contribution in [3.8, 4) is 17.6 Å². The first kappa shape index (κ1) is 21.0. The number of carbonyl (C=O) groups is 2. The number of nitrogens with zero attached hydrogens (tertiary/aromatic N) is 4. The largest absolute Gasteiger partial charge is 0.455 e. The van der Waals surface area contributed by atoms with E-state index in [1.165, 1.54) is 0 Å². The molecule has 0 aliphatic carbocycles. The van der Waals surface area contributed by atoms with Crippen molar-refractivity contribution in [1.82, 2.24) is 19.8 Å². The van der Waals surface area contributed by atoms with E-state index < -0.39 is 0 Å². The molecule has 4 aromatic rings.